The Bertz CT molecular complexity index is 718. The van der Waals surface area contributed by atoms with Gasteiger partial charge in [0.05, 0.1) is 0 Å². The zero-order chi connectivity index (χ0) is 14.7. The lowest BCUT2D eigenvalue weighted by atomic mass is 9.98. The third kappa shape index (κ3) is 3.05. The molecule has 4 nitrogen and oxygen atoms in total. The molecule has 3 rings (SSSR count). The fourth-order valence-corrected chi connectivity index (χ4v) is 2.55. The second kappa shape index (κ2) is 5.95. The molecule has 1 N–H and O–H groups in total. The van der Waals surface area contributed by atoms with Crippen LogP contribution in [0.5, 0.6) is 0 Å². The van der Waals surface area contributed by atoms with E-state index in [2.05, 4.69) is 65.6 Å². The van der Waals surface area contributed by atoms with Crippen molar-refractivity contribution in [3.05, 3.63) is 59.9 Å². The predicted molar refractivity (Wildman–Crippen MR) is 85.7 cm³/mol. The maximum atomic E-state index is 4.26. The van der Waals surface area contributed by atoms with Gasteiger partial charge in [-0.15, -0.1) is 0 Å². The summed E-state index contributed by atoms with van der Waals surface area (Å²) >= 11 is 0. The van der Waals surface area contributed by atoms with Crippen molar-refractivity contribution in [1.29, 1.82) is 0 Å². The highest BCUT2D eigenvalue weighted by Crippen LogP contribution is 2.19. The van der Waals surface area contributed by atoms with Gasteiger partial charge in [0, 0.05) is 6.54 Å². The van der Waals surface area contributed by atoms with Crippen LogP contribution in [0.3, 0.4) is 0 Å². The predicted octanol–water partition coefficient (Wildman–Crippen LogP) is 3.64. The SMILES string of the molecule is Cc1cc(NCCC(C)c2ccccc2)n2ncnc2c1. The topological polar surface area (TPSA) is 42.2 Å². The molecule has 0 aliphatic rings. The minimum Gasteiger partial charge on any atom is -0.370 e. The van der Waals surface area contributed by atoms with Crippen LogP contribution in [0.1, 0.15) is 30.4 Å². The van der Waals surface area contributed by atoms with E-state index in [-0.39, 0.29) is 0 Å². The molecule has 0 saturated carbocycles. The quantitative estimate of drug-likeness (QED) is 0.775. The molecule has 0 aliphatic heterocycles. The van der Waals surface area contributed by atoms with Crippen LogP contribution in [0.15, 0.2) is 48.8 Å². The first-order valence-corrected chi connectivity index (χ1v) is 7.33. The molecule has 1 atom stereocenters. The van der Waals surface area contributed by atoms with Gasteiger partial charge in [-0.25, -0.2) is 4.98 Å². The highest BCUT2D eigenvalue weighted by molar-refractivity contribution is 5.51. The molecule has 2 aromatic heterocycles. The number of rotatable bonds is 5. The van der Waals surface area contributed by atoms with Gasteiger partial charge < -0.3 is 5.32 Å². The second-order valence-electron chi connectivity index (χ2n) is 5.48. The minimum atomic E-state index is 0.537. The summed E-state index contributed by atoms with van der Waals surface area (Å²) in [5.41, 5.74) is 3.46. The Labute approximate surface area is 124 Å². The Morgan fingerprint density at radius 2 is 2.00 bits per heavy atom. The van der Waals surface area contributed by atoms with Crippen molar-refractivity contribution < 1.29 is 0 Å². The molecular weight excluding hydrogens is 260 g/mol. The zero-order valence-electron chi connectivity index (χ0n) is 12.5. The van der Waals surface area contributed by atoms with Crippen molar-refractivity contribution in [3.63, 3.8) is 0 Å². The van der Waals surface area contributed by atoms with Crippen molar-refractivity contribution in [2.75, 3.05) is 11.9 Å². The first kappa shape index (κ1) is 13.6. The van der Waals surface area contributed by atoms with Gasteiger partial charge in [0.2, 0.25) is 0 Å². The number of hydrogen-bond donors (Lipinski definition) is 1. The Hall–Kier alpha value is -2.36. The van der Waals surface area contributed by atoms with Gasteiger partial charge in [-0.3, -0.25) is 0 Å². The molecule has 2 heterocycles. The Balaban J connectivity index is 1.66. The summed E-state index contributed by atoms with van der Waals surface area (Å²) < 4.78 is 1.85. The Kier molecular flexibility index (Phi) is 3.86. The summed E-state index contributed by atoms with van der Waals surface area (Å²) in [7, 11) is 0. The monoisotopic (exact) mass is 280 g/mol. The smallest absolute Gasteiger partial charge is 0.157 e. The van der Waals surface area contributed by atoms with Gasteiger partial charge in [0.1, 0.15) is 12.1 Å². The lowest BCUT2D eigenvalue weighted by Gasteiger charge is -2.14. The van der Waals surface area contributed by atoms with Crippen molar-refractivity contribution in [2.24, 2.45) is 0 Å². The van der Waals surface area contributed by atoms with E-state index >= 15 is 0 Å². The fourth-order valence-electron chi connectivity index (χ4n) is 2.55. The molecule has 3 aromatic rings. The molecule has 0 aliphatic carbocycles. The third-order valence-corrected chi connectivity index (χ3v) is 3.78. The molecule has 0 bridgehead atoms. The molecule has 0 spiro atoms. The summed E-state index contributed by atoms with van der Waals surface area (Å²) in [6.07, 6.45) is 2.67. The molecule has 0 saturated heterocycles. The third-order valence-electron chi connectivity index (χ3n) is 3.78. The van der Waals surface area contributed by atoms with Gasteiger partial charge in [0.25, 0.3) is 0 Å². The van der Waals surface area contributed by atoms with Crippen molar-refractivity contribution in [1.82, 2.24) is 14.6 Å². The number of pyridine rings is 1. The van der Waals surface area contributed by atoms with Crippen molar-refractivity contribution in [2.45, 2.75) is 26.2 Å². The van der Waals surface area contributed by atoms with Crippen LogP contribution in [-0.4, -0.2) is 21.1 Å². The summed E-state index contributed by atoms with van der Waals surface area (Å²) in [6, 6.07) is 14.8. The minimum absolute atomic E-state index is 0.537. The zero-order valence-corrected chi connectivity index (χ0v) is 12.5. The standard InChI is InChI=1S/C17H20N4/c1-13-10-16(21-17(11-13)19-12-20-21)18-9-8-14(2)15-6-4-3-5-7-15/h3-7,10-12,14,18H,8-9H2,1-2H3. The number of hydrogen-bond acceptors (Lipinski definition) is 3. The lowest BCUT2D eigenvalue weighted by molar-refractivity contribution is 0.703. The van der Waals surface area contributed by atoms with Gasteiger partial charge in [-0.05, 0) is 42.5 Å². The van der Waals surface area contributed by atoms with E-state index in [1.165, 1.54) is 11.1 Å². The number of aryl methyl sites for hydroxylation is 1. The maximum Gasteiger partial charge on any atom is 0.157 e. The molecule has 4 heteroatoms. The number of aromatic nitrogens is 3. The summed E-state index contributed by atoms with van der Waals surface area (Å²) in [6.45, 7) is 5.25. The van der Waals surface area contributed by atoms with Crippen LogP contribution in [0.4, 0.5) is 5.82 Å². The van der Waals surface area contributed by atoms with Crippen LogP contribution in [-0.2, 0) is 0 Å². The van der Waals surface area contributed by atoms with Gasteiger partial charge >= 0.3 is 0 Å². The fraction of sp³-hybridized carbons (Fsp3) is 0.294. The molecular formula is C17H20N4. The van der Waals surface area contributed by atoms with Crippen LogP contribution in [0.25, 0.3) is 5.65 Å². The van der Waals surface area contributed by atoms with Crippen LogP contribution in [0.2, 0.25) is 0 Å². The van der Waals surface area contributed by atoms with E-state index in [0.29, 0.717) is 5.92 Å². The highest BCUT2D eigenvalue weighted by Gasteiger charge is 2.06. The molecule has 1 aromatic carbocycles. The summed E-state index contributed by atoms with van der Waals surface area (Å²) in [5, 5.41) is 7.73. The van der Waals surface area contributed by atoms with E-state index in [4.69, 9.17) is 0 Å². The van der Waals surface area contributed by atoms with E-state index in [1.54, 1.807) is 6.33 Å². The molecule has 21 heavy (non-hydrogen) atoms. The van der Waals surface area contributed by atoms with Crippen LogP contribution < -0.4 is 5.32 Å². The van der Waals surface area contributed by atoms with Crippen molar-refractivity contribution >= 4 is 11.5 Å². The maximum absolute atomic E-state index is 4.26. The normalized spacial score (nSPS) is 12.5. The molecule has 0 amide bonds. The van der Waals surface area contributed by atoms with E-state index in [9.17, 15) is 0 Å². The average Bonchev–Trinajstić information content (AvgIpc) is 2.96. The van der Waals surface area contributed by atoms with Crippen LogP contribution in [0, 0.1) is 6.92 Å². The average molecular weight is 280 g/mol. The van der Waals surface area contributed by atoms with Gasteiger partial charge in [-0.2, -0.15) is 9.61 Å². The second-order valence-corrected chi connectivity index (χ2v) is 5.48. The first-order chi connectivity index (χ1) is 10.2. The summed E-state index contributed by atoms with van der Waals surface area (Å²) in [4.78, 5) is 4.24. The highest BCUT2D eigenvalue weighted by atomic mass is 15.3. The van der Waals surface area contributed by atoms with E-state index in [0.717, 1.165) is 24.4 Å². The van der Waals surface area contributed by atoms with Crippen molar-refractivity contribution in [3.8, 4) is 0 Å². The molecule has 0 radical (unpaired) electrons. The Morgan fingerprint density at radius 3 is 2.81 bits per heavy atom. The van der Waals surface area contributed by atoms with Gasteiger partial charge in [0.15, 0.2) is 5.65 Å². The van der Waals surface area contributed by atoms with E-state index in [1.807, 2.05) is 10.6 Å². The molecule has 108 valence electrons. The molecule has 1 unspecified atom stereocenters. The van der Waals surface area contributed by atoms with E-state index < -0.39 is 0 Å². The van der Waals surface area contributed by atoms with Gasteiger partial charge in [-0.1, -0.05) is 37.3 Å². The number of anilines is 1. The molecule has 0 fully saturated rings. The summed E-state index contributed by atoms with van der Waals surface area (Å²) in [5.74, 6) is 1.54. The number of nitrogens with zero attached hydrogens (tertiary/aromatic N) is 3. The number of nitrogens with one attached hydrogen (secondary N) is 1. The number of fused-ring (bicyclic) bond motifs is 1. The largest absolute Gasteiger partial charge is 0.370 e. The Morgan fingerprint density at radius 1 is 1.19 bits per heavy atom. The van der Waals surface area contributed by atoms with Crippen LogP contribution >= 0.6 is 0 Å². The number of benzene rings is 1. The lowest BCUT2D eigenvalue weighted by Crippen LogP contribution is -2.09. The first-order valence-electron chi connectivity index (χ1n) is 7.33.